The quantitative estimate of drug-likeness (QED) is 0.715. The van der Waals surface area contributed by atoms with Crippen molar-refractivity contribution in [2.24, 2.45) is 13.0 Å². The zero-order chi connectivity index (χ0) is 22.8. The van der Waals surface area contributed by atoms with Crippen LogP contribution in [0.2, 0.25) is 5.02 Å². The average molecular weight is 448 g/mol. The van der Waals surface area contributed by atoms with Crippen LogP contribution in [0.15, 0.2) is 18.2 Å². The number of benzene rings is 1. The van der Waals surface area contributed by atoms with Crippen LogP contribution in [0, 0.1) is 19.8 Å². The number of nitrogens with zero attached hydrogens (tertiary/aromatic N) is 3. The Morgan fingerprint density at radius 1 is 1.23 bits per heavy atom. The minimum absolute atomic E-state index is 0.0286. The van der Waals surface area contributed by atoms with E-state index < -0.39 is 5.60 Å². The molecule has 1 amide bonds. The van der Waals surface area contributed by atoms with E-state index in [0.29, 0.717) is 43.3 Å². The average Bonchev–Trinajstić information content (AvgIpc) is 2.93. The van der Waals surface area contributed by atoms with Crippen molar-refractivity contribution in [2.75, 3.05) is 19.7 Å². The first-order valence-electron chi connectivity index (χ1n) is 11.0. The van der Waals surface area contributed by atoms with Crippen LogP contribution < -0.4 is 4.74 Å². The summed E-state index contributed by atoms with van der Waals surface area (Å²) >= 11 is 6.23. The Kier molecular flexibility index (Phi) is 7.32. The molecule has 3 rings (SSSR count). The van der Waals surface area contributed by atoms with Crippen LogP contribution in [0.5, 0.6) is 5.75 Å². The molecule has 1 saturated heterocycles. The van der Waals surface area contributed by atoms with E-state index in [-0.39, 0.29) is 12.5 Å². The minimum atomic E-state index is -0.967. The van der Waals surface area contributed by atoms with Gasteiger partial charge in [-0.1, -0.05) is 25.4 Å². The van der Waals surface area contributed by atoms with Crippen molar-refractivity contribution in [1.82, 2.24) is 14.7 Å². The summed E-state index contributed by atoms with van der Waals surface area (Å²) in [6.45, 7) is 9.46. The van der Waals surface area contributed by atoms with Gasteiger partial charge in [0.25, 0.3) is 5.91 Å². The second-order valence-corrected chi connectivity index (χ2v) is 9.65. The maximum atomic E-state index is 13.1. The fourth-order valence-corrected chi connectivity index (χ4v) is 4.25. The zero-order valence-corrected chi connectivity index (χ0v) is 20.0. The van der Waals surface area contributed by atoms with Gasteiger partial charge in [0.05, 0.1) is 5.69 Å². The molecule has 6 nitrogen and oxygen atoms in total. The monoisotopic (exact) mass is 447 g/mol. The molecule has 0 radical (unpaired) electrons. The number of carbonyl (C=O) groups is 1. The van der Waals surface area contributed by atoms with Crippen LogP contribution in [-0.2, 0) is 13.5 Å². The number of carbonyl (C=O) groups excluding carboxylic acids is 1. The van der Waals surface area contributed by atoms with Crippen molar-refractivity contribution in [3.8, 4) is 5.75 Å². The Bertz CT molecular complexity index is 917. The predicted octanol–water partition coefficient (Wildman–Crippen LogP) is 4.33. The maximum absolute atomic E-state index is 13.1. The zero-order valence-electron chi connectivity index (χ0n) is 19.2. The molecule has 170 valence electrons. The third-order valence-electron chi connectivity index (χ3n) is 5.89. The van der Waals surface area contributed by atoms with E-state index in [4.69, 9.17) is 16.3 Å². The lowest BCUT2D eigenvalue weighted by Crippen LogP contribution is -2.38. The fourth-order valence-electron chi connectivity index (χ4n) is 4.14. The molecule has 1 aromatic carbocycles. The second kappa shape index (κ2) is 9.61. The molecule has 31 heavy (non-hydrogen) atoms. The highest BCUT2D eigenvalue weighted by molar-refractivity contribution is 6.32. The SMILES string of the molecule is Cc1cc(OC[C@@]2(O)CCCN(C(=O)c3cc(CC(C)C)nn3C)CC2)cc(C)c1Cl. The van der Waals surface area contributed by atoms with Gasteiger partial charge >= 0.3 is 0 Å². The summed E-state index contributed by atoms with van der Waals surface area (Å²) in [7, 11) is 1.81. The number of likely N-dealkylation sites (tertiary alicyclic amines) is 1. The molecule has 0 saturated carbocycles. The molecular weight excluding hydrogens is 414 g/mol. The summed E-state index contributed by atoms with van der Waals surface area (Å²) in [5.41, 5.74) is 2.48. The van der Waals surface area contributed by atoms with Crippen LogP contribution in [0.25, 0.3) is 0 Å². The van der Waals surface area contributed by atoms with Crippen LogP contribution in [0.4, 0.5) is 0 Å². The molecule has 0 aliphatic carbocycles. The van der Waals surface area contributed by atoms with Crippen molar-refractivity contribution in [3.63, 3.8) is 0 Å². The molecule has 0 spiro atoms. The number of halogens is 1. The van der Waals surface area contributed by atoms with Gasteiger partial charge in [-0.2, -0.15) is 5.10 Å². The lowest BCUT2D eigenvalue weighted by Gasteiger charge is -2.27. The van der Waals surface area contributed by atoms with Crippen molar-refractivity contribution in [2.45, 2.75) is 59.0 Å². The van der Waals surface area contributed by atoms with E-state index in [9.17, 15) is 9.90 Å². The van der Waals surface area contributed by atoms with Gasteiger partial charge < -0.3 is 14.7 Å². The molecular formula is C24H34ClN3O3. The normalized spacial score (nSPS) is 19.5. The second-order valence-electron chi connectivity index (χ2n) is 9.27. The van der Waals surface area contributed by atoms with Crippen molar-refractivity contribution < 1.29 is 14.6 Å². The number of rotatable bonds is 6. The molecule has 1 aromatic heterocycles. The van der Waals surface area contributed by atoms with Crippen LogP contribution in [0.3, 0.4) is 0 Å². The third kappa shape index (κ3) is 5.80. The molecule has 1 aliphatic heterocycles. The fraction of sp³-hybridized carbons (Fsp3) is 0.583. The molecule has 0 bridgehead atoms. The van der Waals surface area contributed by atoms with E-state index in [1.807, 2.05) is 44.0 Å². The summed E-state index contributed by atoms with van der Waals surface area (Å²) in [6.07, 6.45) is 2.64. The van der Waals surface area contributed by atoms with E-state index in [2.05, 4.69) is 18.9 Å². The van der Waals surface area contributed by atoms with Gasteiger partial charge in [-0.05, 0) is 74.8 Å². The topological polar surface area (TPSA) is 67.6 Å². The lowest BCUT2D eigenvalue weighted by atomic mass is 9.96. The summed E-state index contributed by atoms with van der Waals surface area (Å²) in [4.78, 5) is 14.9. The minimum Gasteiger partial charge on any atom is -0.491 e. The first-order chi connectivity index (χ1) is 14.6. The smallest absolute Gasteiger partial charge is 0.272 e. The van der Waals surface area contributed by atoms with Gasteiger partial charge in [0, 0.05) is 25.2 Å². The highest BCUT2D eigenvalue weighted by Crippen LogP contribution is 2.29. The number of aliphatic hydroxyl groups is 1. The maximum Gasteiger partial charge on any atom is 0.272 e. The van der Waals surface area contributed by atoms with Gasteiger partial charge in [0.1, 0.15) is 23.7 Å². The Morgan fingerprint density at radius 3 is 2.55 bits per heavy atom. The summed E-state index contributed by atoms with van der Waals surface area (Å²) in [5, 5.41) is 16.4. The van der Waals surface area contributed by atoms with Gasteiger partial charge in [-0.25, -0.2) is 0 Å². The van der Waals surface area contributed by atoms with E-state index in [1.165, 1.54) is 0 Å². The van der Waals surface area contributed by atoms with Crippen LogP contribution in [0.1, 0.15) is 60.4 Å². The van der Waals surface area contributed by atoms with E-state index >= 15 is 0 Å². The van der Waals surface area contributed by atoms with Gasteiger partial charge in [-0.3, -0.25) is 9.48 Å². The summed E-state index contributed by atoms with van der Waals surface area (Å²) in [5.74, 6) is 1.16. The molecule has 2 heterocycles. The number of hydrogen-bond donors (Lipinski definition) is 1. The number of ether oxygens (including phenoxy) is 1. The molecule has 1 aliphatic rings. The Morgan fingerprint density at radius 2 is 1.90 bits per heavy atom. The molecule has 2 aromatic rings. The Balaban J connectivity index is 1.63. The van der Waals surface area contributed by atoms with Gasteiger partial charge in [0.15, 0.2) is 0 Å². The summed E-state index contributed by atoms with van der Waals surface area (Å²) < 4.78 is 7.61. The first-order valence-corrected chi connectivity index (χ1v) is 11.4. The molecule has 1 N–H and O–H groups in total. The molecule has 7 heteroatoms. The number of hydrogen-bond acceptors (Lipinski definition) is 4. The highest BCUT2D eigenvalue weighted by Gasteiger charge is 2.33. The largest absolute Gasteiger partial charge is 0.491 e. The van der Waals surface area contributed by atoms with Gasteiger partial charge in [0.2, 0.25) is 0 Å². The van der Waals surface area contributed by atoms with Gasteiger partial charge in [-0.15, -0.1) is 0 Å². The predicted molar refractivity (Wildman–Crippen MR) is 123 cm³/mol. The lowest BCUT2D eigenvalue weighted by molar-refractivity contribution is -0.0163. The standard InChI is InChI=1S/C24H34ClN3O3/c1-16(2)11-19-14-21(27(5)26-19)23(29)28-9-6-7-24(30,8-10-28)15-31-20-12-17(3)22(25)18(4)13-20/h12-14,16,30H,6-11,15H2,1-5H3/t24-/m1/s1. The van der Waals surface area contributed by atoms with E-state index in [1.54, 1.807) is 4.68 Å². The highest BCUT2D eigenvalue weighted by atomic mass is 35.5. The third-order valence-corrected chi connectivity index (χ3v) is 6.49. The molecule has 0 unspecified atom stereocenters. The summed E-state index contributed by atoms with van der Waals surface area (Å²) in [6, 6.07) is 5.68. The number of aromatic nitrogens is 2. The van der Waals surface area contributed by atoms with Crippen LogP contribution in [-0.4, -0.2) is 51.0 Å². The molecule has 1 fully saturated rings. The number of aryl methyl sites for hydroxylation is 3. The van der Waals surface area contributed by atoms with E-state index in [0.717, 1.165) is 34.7 Å². The van der Waals surface area contributed by atoms with Crippen molar-refractivity contribution >= 4 is 17.5 Å². The Hall–Kier alpha value is -2.05. The Labute approximate surface area is 190 Å². The van der Waals surface area contributed by atoms with Crippen molar-refractivity contribution in [3.05, 3.63) is 45.7 Å². The first kappa shape index (κ1) is 23.6. The molecule has 1 atom stereocenters. The van der Waals surface area contributed by atoms with Crippen molar-refractivity contribution in [1.29, 1.82) is 0 Å². The number of amides is 1. The van der Waals surface area contributed by atoms with Crippen LogP contribution >= 0.6 is 11.6 Å².